The van der Waals surface area contributed by atoms with E-state index in [-0.39, 0.29) is 5.92 Å². The Labute approximate surface area is 108 Å². The van der Waals surface area contributed by atoms with Crippen LogP contribution in [0, 0.1) is 5.92 Å². The van der Waals surface area contributed by atoms with Crippen LogP contribution in [0.15, 0.2) is 6.07 Å². The summed E-state index contributed by atoms with van der Waals surface area (Å²) in [6.07, 6.45) is 8.42. The van der Waals surface area contributed by atoms with Crippen LogP contribution in [-0.4, -0.2) is 5.78 Å². The van der Waals surface area contributed by atoms with E-state index in [0.717, 1.165) is 17.7 Å². The summed E-state index contributed by atoms with van der Waals surface area (Å²) in [6, 6.07) is 2.18. The molecule has 1 aromatic heterocycles. The zero-order valence-corrected chi connectivity index (χ0v) is 11.7. The highest BCUT2D eigenvalue weighted by Crippen LogP contribution is 2.30. The smallest absolute Gasteiger partial charge is 0.175 e. The molecule has 2 heteroatoms. The minimum absolute atomic E-state index is 0.197. The molecule has 0 bridgehead atoms. The van der Waals surface area contributed by atoms with E-state index in [0.29, 0.717) is 5.78 Å². The lowest BCUT2D eigenvalue weighted by atomic mass is 9.99. The van der Waals surface area contributed by atoms with Crippen molar-refractivity contribution in [1.29, 1.82) is 0 Å². The van der Waals surface area contributed by atoms with Crippen molar-refractivity contribution in [3.63, 3.8) is 0 Å². The normalized spacial score (nSPS) is 17.3. The first kappa shape index (κ1) is 12.8. The number of aryl methyl sites for hydroxylation is 2. The van der Waals surface area contributed by atoms with Gasteiger partial charge >= 0.3 is 0 Å². The molecule has 17 heavy (non-hydrogen) atoms. The molecule has 0 aromatic carbocycles. The van der Waals surface area contributed by atoms with Gasteiger partial charge in [0, 0.05) is 10.8 Å². The summed E-state index contributed by atoms with van der Waals surface area (Å²) in [5, 5.41) is 0. The molecule has 1 heterocycles. The molecule has 1 nitrogen and oxygen atoms in total. The first-order chi connectivity index (χ1) is 8.22. The van der Waals surface area contributed by atoms with Gasteiger partial charge in [-0.1, -0.05) is 26.7 Å². The second kappa shape index (κ2) is 5.81. The van der Waals surface area contributed by atoms with Gasteiger partial charge in [-0.2, -0.15) is 0 Å². The van der Waals surface area contributed by atoms with Crippen LogP contribution in [0.3, 0.4) is 0 Å². The highest BCUT2D eigenvalue weighted by molar-refractivity contribution is 7.14. The molecule has 1 aliphatic rings. The first-order valence-electron chi connectivity index (χ1n) is 6.88. The summed E-state index contributed by atoms with van der Waals surface area (Å²) >= 11 is 1.76. The molecule has 0 N–H and O–H groups in total. The molecule has 1 aromatic rings. The average Bonchev–Trinajstić information content (AvgIpc) is 2.60. The minimum atomic E-state index is 0.197. The molecule has 1 unspecified atom stereocenters. The molecule has 1 atom stereocenters. The van der Waals surface area contributed by atoms with E-state index in [1.165, 1.54) is 42.5 Å². The lowest BCUT2D eigenvalue weighted by Crippen LogP contribution is -2.09. The van der Waals surface area contributed by atoms with Crippen LogP contribution >= 0.6 is 11.3 Å². The van der Waals surface area contributed by atoms with Gasteiger partial charge in [0.15, 0.2) is 5.78 Å². The second-order valence-corrected chi connectivity index (χ2v) is 6.31. The van der Waals surface area contributed by atoms with Crippen LogP contribution in [0.2, 0.25) is 0 Å². The third kappa shape index (κ3) is 2.98. The van der Waals surface area contributed by atoms with E-state index in [1.54, 1.807) is 11.3 Å². The fraction of sp³-hybridized carbons (Fsp3) is 0.667. The molecule has 2 rings (SSSR count). The van der Waals surface area contributed by atoms with Gasteiger partial charge < -0.3 is 0 Å². The van der Waals surface area contributed by atoms with E-state index in [1.807, 2.05) is 0 Å². The topological polar surface area (TPSA) is 17.1 Å². The zero-order chi connectivity index (χ0) is 12.3. The van der Waals surface area contributed by atoms with Crippen LogP contribution in [0.25, 0.3) is 0 Å². The number of carbonyl (C=O) groups is 1. The highest BCUT2D eigenvalue weighted by atomic mass is 32.1. The summed E-state index contributed by atoms with van der Waals surface area (Å²) in [6.45, 7) is 4.21. The summed E-state index contributed by atoms with van der Waals surface area (Å²) in [5.41, 5.74) is 1.46. The largest absolute Gasteiger partial charge is 0.293 e. The number of rotatable bonds is 4. The van der Waals surface area contributed by atoms with E-state index in [2.05, 4.69) is 19.9 Å². The number of Topliss-reactive ketones (excluding diaryl/α,β-unsaturated/α-hetero) is 1. The first-order valence-corrected chi connectivity index (χ1v) is 7.69. The second-order valence-electron chi connectivity index (χ2n) is 5.17. The molecule has 0 amide bonds. The summed E-state index contributed by atoms with van der Waals surface area (Å²) in [5.74, 6) is 0.562. The monoisotopic (exact) mass is 250 g/mol. The van der Waals surface area contributed by atoms with E-state index < -0.39 is 0 Å². The van der Waals surface area contributed by atoms with Gasteiger partial charge in [-0.3, -0.25) is 4.79 Å². The van der Waals surface area contributed by atoms with Crippen LogP contribution in [0.5, 0.6) is 0 Å². The Kier molecular flexibility index (Phi) is 4.38. The molecule has 0 saturated carbocycles. The molecular weight excluding hydrogens is 228 g/mol. The van der Waals surface area contributed by atoms with Gasteiger partial charge in [-0.15, -0.1) is 11.3 Å². The van der Waals surface area contributed by atoms with Crippen molar-refractivity contribution >= 4 is 17.1 Å². The lowest BCUT2D eigenvalue weighted by Gasteiger charge is -2.06. The Bertz CT molecular complexity index is 368. The summed E-state index contributed by atoms with van der Waals surface area (Å²) in [4.78, 5) is 14.7. The standard InChI is InChI=1S/C15H22OS/c1-3-7-11(2)15(16)14-10-12-8-5-4-6-9-13(12)17-14/h10-11H,3-9H2,1-2H3. The van der Waals surface area contributed by atoms with Crippen molar-refractivity contribution in [2.24, 2.45) is 5.92 Å². The summed E-state index contributed by atoms with van der Waals surface area (Å²) in [7, 11) is 0. The number of hydrogen-bond acceptors (Lipinski definition) is 2. The van der Waals surface area contributed by atoms with Crippen molar-refractivity contribution in [2.45, 2.75) is 58.8 Å². The number of fused-ring (bicyclic) bond motifs is 1. The van der Waals surface area contributed by atoms with Crippen molar-refractivity contribution in [3.05, 3.63) is 21.4 Å². The maximum Gasteiger partial charge on any atom is 0.175 e. The SMILES string of the molecule is CCCC(C)C(=O)c1cc2c(s1)CCCCC2. The van der Waals surface area contributed by atoms with E-state index in [9.17, 15) is 4.79 Å². The summed E-state index contributed by atoms with van der Waals surface area (Å²) < 4.78 is 0. The fourth-order valence-electron chi connectivity index (χ4n) is 2.60. The van der Waals surface area contributed by atoms with Gasteiger partial charge in [0.25, 0.3) is 0 Å². The number of ketones is 1. The lowest BCUT2D eigenvalue weighted by molar-refractivity contribution is 0.0927. The predicted molar refractivity (Wildman–Crippen MR) is 74.0 cm³/mol. The van der Waals surface area contributed by atoms with Crippen molar-refractivity contribution in [3.8, 4) is 0 Å². The number of carbonyl (C=O) groups excluding carboxylic acids is 1. The molecule has 1 aliphatic carbocycles. The fourth-order valence-corrected chi connectivity index (χ4v) is 3.90. The quantitative estimate of drug-likeness (QED) is 0.562. The highest BCUT2D eigenvalue weighted by Gasteiger charge is 2.19. The molecule has 0 radical (unpaired) electrons. The van der Waals surface area contributed by atoms with Gasteiger partial charge in [0.2, 0.25) is 0 Å². The number of thiophene rings is 1. The van der Waals surface area contributed by atoms with E-state index in [4.69, 9.17) is 0 Å². The van der Waals surface area contributed by atoms with Crippen LogP contribution in [0.1, 0.15) is 66.1 Å². The van der Waals surface area contributed by atoms with Crippen LogP contribution < -0.4 is 0 Å². The molecule has 0 saturated heterocycles. The van der Waals surface area contributed by atoms with Crippen molar-refractivity contribution < 1.29 is 4.79 Å². The maximum atomic E-state index is 12.2. The Hall–Kier alpha value is -0.630. The van der Waals surface area contributed by atoms with Gasteiger partial charge in [-0.05, 0) is 43.7 Å². The maximum absolute atomic E-state index is 12.2. The average molecular weight is 250 g/mol. The third-order valence-corrected chi connectivity index (χ3v) is 4.91. The Morgan fingerprint density at radius 2 is 2.12 bits per heavy atom. The minimum Gasteiger partial charge on any atom is -0.293 e. The van der Waals surface area contributed by atoms with Gasteiger partial charge in [0.05, 0.1) is 4.88 Å². The predicted octanol–water partition coefficient (Wildman–Crippen LogP) is 4.64. The Balaban J connectivity index is 2.14. The van der Waals surface area contributed by atoms with Gasteiger partial charge in [-0.25, -0.2) is 0 Å². The molecule has 0 aliphatic heterocycles. The Morgan fingerprint density at radius 1 is 1.35 bits per heavy atom. The molecule has 0 fully saturated rings. The zero-order valence-electron chi connectivity index (χ0n) is 10.9. The van der Waals surface area contributed by atoms with Crippen LogP contribution in [0.4, 0.5) is 0 Å². The third-order valence-electron chi connectivity index (χ3n) is 3.66. The molecular formula is C15H22OS. The number of hydrogen-bond donors (Lipinski definition) is 0. The van der Waals surface area contributed by atoms with Crippen LogP contribution in [-0.2, 0) is 12.8 Å². The molecule has 94 valence electrons. The Morgan fingerprint density at radius 3 is 2.88 bits per heavy atom. The van der Waals surface area contributed by atoms with Crippen molar-refractivity contribution in [2.75, 3.05) is 0 Å². The van der Waals surface area contributed by atoms with E-state index >= 15 is 0 Å². The van der Waals surface area contributed by atoms with Crippen molar-refractivity contribution in [1.82, 2.24) is 0 Å². The van der Waals surface area contributed by atoms with Gasteiger partial charge in [0.1, 0.15) is 0 Å². The molecule has 0 spiro atoms.